The number of anilines is 1. The first-order chi connectivity index (χ1) is 9.79. The first-order valence-corrected chi connectivity index (χ1v) is 6.76. The molecule has 4 nitrogen and oxygen atoms in total. The summed E-state index contributed by atoms with van der Waals surface area (Å²) in [7, 11) is 0. The minimum atomic E-state index is -4.49. The summed E-state index contributed by atoms with van der Waals surface area (Å²) in [5, 5.41) is 4.16. The van der Waals surface area contributed by atoms with Crippen molar-refractivity contribution in [1.29, 1.82) is 0 Å². The Hall–Kier alpha value is -1.76. The molecule has 2 rings (SSSR count). The zero-order valence-electron chi connectivity index (χ0n) is 11.5. The van der Waals surface area contributed by atoms with E-state index in [1.165, 1.54) is 4.68 Å². The van der Waals surface area contributed by atoms with Gasteiger partial charge in [0.25, 0.3) is 0 Å². The predicted octanol–water partition coefficient (Wildman–Crippen LogP) is 3.65. The molecule has 114 valence electrons. The molecule has 0 aliphatic carbocycles. The maximum atomic E-state index is 12.6. The summed E-state index contributed by atoms with van der Waals surface area (Å²) in [6.07, 6.45) is -2.56. The Morgan fingerprint density at radius 3 is 2.43 bits per heavy atom. The quantitative estimate of drug-likeness (QED) is 0.940. The molecule has 0 aromatic carbocycles. The second-order valence-electron chi connectivity index (χ2n) is 4.45. The molecule has 0 atom stereocenters. The summed E-state index contributed by atoms with van der Waals surface area (Å²) < 4.78 is 39.3. The Morgan fingerprint density at radius 1 is 1.29 bits per heavy atom. The molecule has 0 aliphatic heterocycles. The SMILES string of the molecule is CCc1nn(-c2ncc(C(F)(F)F)cc2Cl)c(CC)c1N. The lowest BCUT2D eigenvalue weighted by Crippen LogP contribution is -2.10. The molecule has 2 N–H and O–H groups in total. The molecule has 0 fully saturated rings. The second-order valence-corrected chi connectivity index (χ2v) is 4.86. The van der Waals surface area contributed by atoms with Crippen molar-refractivity contribution >= 4 is 17.3 Å². The molecular weight excluding hydrogens is 305 g/mol. The Balaban J connectivity index is 2.58. The fraction of sp³-hybridized carbons (Fsp3) is 0.385. The lowest BCUT2D eigenvalue weighted by molar-refractivity contribution is -0.137. The zero-order chi connectivity index (χ0) is 15.8. The van der Waals surface area contributed by atoms with Crippen LogP contribution in [0.1, 0.15) is 30.8 Å². The number of aryl methyl sites for hydroxylation is 1. The number of nitrogen functional groups attached to an aromatic ring is 1. The van der Waals surface area contributed by atoms with E-state index in [0.29, 0.717) is 29.9 Å². The molecule has 0 aliphatic rings. The first kappa shape index (κ1) is 15.6. The number of nitrogens with two attached hydrogens (primary N) is 1. The van der Waals surface area contributed by atoms with Crippen molar-refractivity contribution in [2.75, 3.05) is 5.73 Å². The minimum absolute atomic E-state index is 0.121. The lowest BCUT2D eigenvalue weighted by atomic mass is 10.2. The van der Waals surface area contributed by atoms with Gasteiger partial charge in [-0.05, 0) is 18.9 Å². The number of aromatic nitrogens is 3. The number of nitrogens with zero attached hydrogens (tertiary/aromatic N) is 3. The third kappa shape index (κ3) is 2.83. The Labute approximate surface area is 124 Å². The van der Waals surface area contributed by atoms with Crippen molar-refractivity contribution in [1.82, 2.24) is 14.8 Å². The van der Waals surface area contributed by atoms with E-state index < -0.39 is 11.7 Å². The van der Waals surface area contributed by atoms with Gasteiger partial charge in [0, 0.05) is 6.20 Å². The van der Waals surface area contributed by atoms with E-state index in [4.69, 9.17) is 17.3 Å². The molecule has 0 radical (unpaired) electrons. The van der Waals surface area contributed by atoms with Crippen LogP contribution in [-0.2, 0) is 19.0 Å². The fourth-order valence-corrected chi connectivity index (χ4v) is 2.28. The molecule has 0 unspecified atom stereocenters. The summed E-state index contributed by atoms with van der Waals surface area (Å²) in [5.41, 5.74) is 6.96. The van der Waals surface area contributed by atoms with Gasteiger partial charge in [-0.15, -0.1) is 0 Å². The van der Waals surface area contributed by atoms with Crippen LogP contribution in [0.3, 0.4) is 0 Å². The number of pyridine rings is 1. The van der Waals surface area contributed by atoms with Gasteiger partial charge in [-0.3, -0.25) is 0 Å². The number of alkyl halides is 3. The van der Waals surface area contributed by atoms with E-state index in [1.54, 1.807) is 0 Å². The van der Waals surface area contributed by atoms with E-state index in [9.17, 15) is 13.2 Å². The first-order valence-electron chi connectivity index (χ1n) is 6.38. The molecule has 0 saturated carbocycles. The van der Waals surface area contributed by atoms with Gasteiger partial charge in [-0.1, -0.05) is 25.4 Å². The highest BCUT2D eigenvalue weighted by Gasteiger charge is 2.32. The van der Waals surface area contributed by atoms with Crippen molar-refractivity contribution in [3.63, 3.8) is 0 Å². The molecule has 2 heterocycles. The smallest absolute Gasteiger partial charge is 0.396 e. The third-order valence-electron chi connectivity index (χ3n) is 3.12. The Kier molecular flexibility index (Phi) is 4.13. The van der Waals surface area contributed by atoms with Gasteiger partial charge in [0.2, 0.25) is 0 Å². The van der Waals surface area contributed by atoms with Crippen LogP contribution in [-0.4, -0.2) is 14.8 Å². The molecule has 21 heavy (non-hydrogen) atoms. The molecule has 0 amide bonds. The number of hydrogen-bond acceptors (Lipinski definition) is 3. The van der Waals surface area contributed by atoms with Crippen LogP contribution < -0.4 is 5.73 Å². The fourth-order valence-electron chi connectivity index (χ4n) is 2.03. The van der Waals surface area contributed by atoms with Crippen molar-refractivity contribution in [2.24, 2.45) is 0 Å². The van der Waals surface area contributed by atoms with Gasteiger partial charge in [0.05, 0.1) is 27.7 Å². The monoisotopic (exact) mass is 318 g/mol. The van der Waals surface area contributed by atoms with Gasteiger partial charge in [0.1, 0.15) is 0 Å². The molecule has 0 spiro atoms. The van der Waals surface area contributed by atoms with Crippen molar-refractivity contribution < 1.29 is 13.2 Å². The van der Waals surface area contributed by atoms with E-state index >= 15 is 0 Å². The summed E-state index contributed by atoms with van der Waals surface area (Å²) >= 11 is 5.94. The standard InChI is InChI=1S/C13H14ClF3N4/c1-3-9-11(18)10(4-2)21(20-9)12-8(14)5-7(6-19-12)13(15,16)17/h5-6H,3-4,18H2,1-2H3. The summed E-state index contributed by atoms with van der Waals surface area (Å²) in [5.74, 6) is 0.146. The van der Waals surface area contributed by atoms with Gasteiger partial charge in [-0.25, -0.2) is 9.67 Å². The van der Waals surface area contributed by atoms with Crippen LogP contribution in [0.25, 0.3) is 5.82 Å². The maximum Gasteiger partial charge on any atom is 0.417 e. The Bertz CT molecular complexity index is 664. The second kappa shape index (κ2) is 5.55. The molecule has 2 aromatic heterocycles. The van der Waals surface area contributed by atoms with Crippen molar-refractivity contribution in [2.45, 2.75) is 32.9 Å². The predicted molar refractivity (Wildman–Crippen MR) is 74.5 cm³/mol. The summed E-state index contributed by atoms with van der Waals surface area (Å²) in [4.78, 5) is 3.81. The Morgan fingerprint density at radius 2 is 1.95 bits per heavy atom. The van der Waals surface area contributed by atoms with Crippen LogP contribution in [0.15, 0.2) is 12.3 Å². The average molecular weight is 319 g/mol. The molecule has 2 aromatic rings. The normalized spacial score (nSPS) is 11.9. The van der Waals surface area contributed by atoms with Crippen LogP contribution >= 0.6 is 11.6 Å². The van der Waals surface area contributed by atoms with E-state index in [2.05, 4.69) is 10.1 Å². The molecule has 8 heteroatoms. The van der Waals surface area contributed by atoms with Crippen LogP contribution in [0.5, 0.6) is 0 Å². The van der Waals surface area contributed by atoms with Crippen molar-refractivity contribution in [3.05, 3.63) is 34.2 Å². The van der Waals surface area contributed by atoms with E-state index in [0.717, 1.165) is 12.3 Å². The van der Waals surface area contributed by atoms with Gasteiger partial charge in [0.15, 0.2) is 5.82 Å². The highest BCUT2D eigenvalue weighted by atomic mass is 35.5. The maximum absolute atomic E-state index is 12.6. The van der Waals surface area contributed by atoms with Crippen molar-refractivity contribution in [3.8, 4) is 5.82 Å². The zero-order valence-corrected chi connectivity index (χ0v) is 12.3. The molecule has 0 bridgehead atoms. The average Bonchev–Trinajstić information content (AvgIpc) is 2.73. The molecule has 0 saturated heterocycles. The van der Waals surface area contributed by atoms with E-state index in [-0.39, 0.29) is 10.8 Å². The van der Waals surface area contributed by atoms with Gasteiger partial charge < -0.3 is 5.73 Å². The van der Waals surface area contributed by atoms with Crippen LogP contribution in [0.2, 0.25) is 5.02 Å². The van der Waals surface area contributed by atoms with Gasteiger partial charge >= 0.3 is 6.18 Å². The number of halogens is 4. The number of hydrogen-bond donors (Lipinski definition) is 1. The van der Waals surface area contributed by atoms with Gasteiger partial charge in [-0.2, -0.15) is 18.3 Å². The highest BCUT2D eigenvalue weighted by molar-refractivity contribution is 6.32. The topological polar surface area (TPSA) is 56.7 Å². The third-order valence-corrected chi connectivity index (χ3v) is 3.40. The summed E-state index contributed by atoms with van der Waals surface area (Å²) in [6, 6.07) is 0.840. The number of rotatable bonds is 3. The molecular formula is C13H14ClF3N4. The minimum Gasteiger partial charge on any atom is -0.396 e. The van der Waals surface area contributed by atoms with E-state index in [1.807, 2.05) is 13.8 Å². The van der Waals surface area contributed by atoms with Crippen LogP contribution in [0.4, 0.5) is 18.9 Å². The summed E-state index contributed by atoms with van der Waals surface area (Å²) in [6.45, 7) is 3.77. The highest BCUT2D eigenvalue weighted by Crippen LogP contribution is 2.32. The largest absolute Gasteiger partial charge is 0.417 e. The lowest BCUT2D eigenvalue weighted by Gasteiger charge is -2.10. The van der Waals surface area contributed by atoms with Crippen LogP contribution in [0, 0.1) is 0 Å².